The minimum absolute atomic E-state index is 0.910. The maximum absolute atomic E-state index is 4.17. The van der Waals surface area contributed by atoms with Gasteiger partial charge in [0.25, 0.3) is 0 Å². The Hall–Kier alpha value is -2.42. The summed E-state index contributed by atoms with van der Waals surface area (Å²) in [6, 6.07) is 14.8. The smallest absolute Gasteiger partial charge is 0.168 e. The molecule has 0 spiro atoms. The molecule has 3 heteroatoms. The van der Waals surface area contributed by atoms with E-state index in [1.54, 1.807) is 6.33 Å². The first kappa shape index (κ1) is 8.70. The SMILES string of the molecule is c1ccc2c(c1)ccc1c2ccn2cnnc12. The number of pyridine rings is 1. The minimum Gasteiger partial charge on any atom is -0.289 e. The van der Waals surface area contributed by atoms with Gasteiger partial charge in [-0.3, -0.25) is 4.40 Å². The van der Waals surface area contributed by atoms with Crippen LogP contribution in [0.1, 0.15) is 0 Å². The second kappa shape index (κ2) is 3.04. The quantitative estimate of drug-likeness (QED) is 0.425. The molecule has 0 aliphatic heterocycles. The number of fused-ring (bicyclic) bond motifs is 5. The molecule has 3 nitrogen and oxygen atoms in total. The van der Waals surface area contributed by atoms with E-state index < -0.39 is 0 Å². The number of nitrogens with zero attached hydrogens (tertiary/aromatic N) is 3. The molecule has 0 bridgehead atoms. The van der Waals surface area contributed by atoms with Crippen molar-refractivity contribution >= 4 is 27.2 Å². The lowest BCUT2D eigenvalue weighted by molar-refractivity contribution is 1.10. The highest BCUT2D eigenvalue weighted by molar-refractivity contribution is 6.11. The van der Waals surface area contributed by atoms with E-state index in [0.717, 1.165) is 11.0 Å². The Morgan fingerprint density at radius 1 is 0.824 bits per heavy atom. The lowest BCUT2D eigenvalue weighted by Gasteiger charge is -2.04. The molecule has 0 aliphatic carbocycles. The summed E-state index contributed by atoms with van der Waals surface area (Å²) in [5.41, 5.74) is 0.910. The van der Waals surface area contributed by atoms with Crippen LogP contribution in [0.25, 0.3) is 27.2 Å². The van der Waals surface area contributed by atoms with Gasteiger partial charge < -0.3 is 0 Å². The van der Waals surface area contributed by atoms with Crippen LogP contribution in [0.5, 0.6) is 0 Å². The van der Waals surface area contributed by atoms with Crippen LogP contribution in [-0.2, 0) is 0 Å². The Labute approximate surface area is 97.3 Å². The number of benzene rings is 2. The molecule has 0 N–H and O–H groups in total. The number of hydrogen-bond acceptors (Lipinski definition) is 2. The molecule has 0 atom stereocenters. The molecule has 0 saturated heterocycles. The van der Waals surface area contributed by atoms with Crippen molar-refractivity contribution in [3.63, 3.8) is 0 Å². The third kappa shape index (κ3) is 1.11. The van der Waals surface area contributed by atoms with Gasteiger partial charge in [-0.05, 0) is 28.3 Å². The van der Waals surface area contributed by atoms with Crippen molar-refractivity contribution < 1.29 is 0 Å². The minimum atomic E-state index is 0.910. The Kier molecular flexibility index (Phi) is 1.56. The molecular formula is C14H9N3. The summed E-state index contributed by atoms with van der Waals surface area (Å²) in [6.07, 6.45) is 3.73. The Morgan fingerprint density at radius 3 is 2.76 bits per heavy atom. The van der Waals surface area contributed by atoms with Crippen LogP contribution in [0.4, 0.5) is 0 Å². The van der Waals surface area contributed by atoms with E-state index in [2.05, 4.69) is 52.7 Å². The first-order valence-corrected chi connectivity index (χ1v) is 5.53. The number of hydrogen-bond donors (Lipinski definition) is 0. The molecule has 0 unspecified atom stereocenters. The summed E-state index contributed by atoms with van der Waals surface area (Å²) >= 11 is 0. The molecule has 0 radical (unpaired) electrons. The van der Waals surface area contributed by atoms with Gasteiger partial charge in [-0.15, -0.1) is 10.2 Å². The van der Waals surface area contributed by atoms with E-state index in [0.29, 0.717) is 0 Å². The van der Waals surface area contributed by atoms with Crippen LogP contribution in [0.15, 0.2) is 55.0 Å². The fourth-order valence-electron chi connectivity index (χ4n) is 2.37. The molecular weight excluding hydrogens is 210 g/mol. The van der Waals surface area contributed by atoms with Gasteiger partial charge in [-0.2, -0.15) is 0 Å². The van der Waals surface area contributed by atoms with Crippen molar-refractivity contribution in [2.24, 2.45) is 0 Å². The zero-order chi connectivity index (χ0) is 11.2. The van der Waals surface area contributed by atoms with Crippen LogP contribution in [-0.4, -0.2) is 14.6 Å². The van der Waals surface area contributed by atoms with Gasteiger partial charge in [-0.25, -0.2) is 0 Å². The van der Waals surface area contributed by atoms with Crippen LogP contribution in [0.3, 0.4) is 0 Å². The van der Waals surface area contributed by atoms with Gasteiger partial charge in [0.2, 0.25) is 0 Å². The first-order valence-electron chi connectivity index (χ1n) is 5.53. The average molecular weight is 219 g/mol. The van der Waals surface area contributed by atoms with E-state index in [9.17, 15) is 0 Å². The molecule has 0 fully saturated rings. The van der Waals surface area contributed by atoms with E-state index in [-0.39, 0.29) is 0 Å². The van der Waals surface area contributed by atoms with Gasteiger partial charge in [0.1, 0.15) is 6.33 Å². The highest BCUT2D eigenvalue weighted by atomic mass is 15.2. The van der Waals surface area contributed by atoms with Crippen molar-refractivity contribution in [3.8, 4) is 0 Å². The summed E-state index contributed by atoms with van der Waals surface area (Å²) < 4.78 is 1.94. The largest absolute Gasteiger partial charge is 0.289 e. The highest BCUT2D eigenvalue weighted by Crippen LogP contribution is 2.26. The fourth-order valence-corrected chi connectivity index (χ4v) is 2.37. The first-order chi connectivity index (χ1) is 8.43. The van der Waals surface area contributed by atoms with Gasteiger partial charge in [0.15, 0.2) is 5.65 Å². The summed E-state index contributed by atoms with van der Waals surface area (Å²) in [5, 5.41) is 13.0. The molecule has 0 aliphatic rings. The van der Waals surface area contributed by atoms with Gasteiger partial charge >= 0.3 is 0 Å². The maximum Gasteiger partial charge on any atom is 0.168 e. The predicted octanol–water partition coefficient (Wildman–Crippen LogP) is 3.04. The summed E-state index contributed by atoms with van der Waals surface area (Å²) in [6.45, 7) is 0. The van der Waals surface area contributed by atoms with Gasteiger partial charge in [-0.1, -0.05) is 30.3 Å². The Balaban J connectivity index is 2.34. The lowest BCUT2D eigenvalue weighted by atomic mass is 10.0. The lowest BCUT2D eigenvalue weighted by Crippen LogP contribution is -1.85. The van der Waals surface area contributed by atoms with Crippen molar-refractivity contribution in [1.29, 1.82) is 0 Å². The van der Waals surface area contributed by atoms with Crippen molar-refractivity contribution in [2.75, 3.05) is 0 Å². The average Bonchev–Trinajstić information content (AvgIpc) is 2.86. The van der Waals surface area contributed by atoms with Crippen LogP contribution < -0.4 is 0 Å². The van der Waals surface area contributed by atoms with Crippen LogP contribution >= 0.6 is 0 Å². The summed E-state index contributed by atoms with van der Waals surface area (Å²) in [4.78, 5) is 0. The second-order valence-corrected chi connectivity index (χ2v) is 4.13. The fraction of sp³-hybridized carbons (Fsp3) is 0. The molecule has 80 valence electrons. The topological polar surface area (TPSA) is 30.2 Å². The molecule has 17 heavy (non-hydrogen) atoms. The molecule has 2 aromatic carbocycles. The summed E-state index contributed by atoms with van der Waals surface area (Å²) in [7, 11) is 0. The predicted molar refractivity (Wildman–Crippen MR) is 68.0 cm³/mol. The normalized spacial score (nSPS) is 11.5. The van der Waals surface area contributed by atoms with E-state index in [1.807, 2.05) is 10.6 Å². The Bertz CT molecular complexity index is 846. The standard InChI is InChI=1S/C14H9N3/c1-2-4-11-10(3-1)5-6-13-12(11)7-8-17-9-15-16-14(13)17/h1-9H. The molecule has 4 aromatic rings. The third-order valence-electron chi connectivity index (χ3n) is 3.19. The molecule has 0 saturated carbocycles. The van der Waals surface area contributed by atoms with Crippen molar-refractivity contribution in [1.82, 2.24) is 14.6 Å². The van der Waals surface area contributed by atoms with Gasteiger partial charge in [0.05, 0.1) is 0 Å². The van der Waals surface area contributed by atoms with E-state index in [4.69, 9.17) is 0 Å². The van der Waals surface area contributed by atoms with E-state index >= 15 is 0 Å². The number of aromatic nitrogens is 3. The maximum atomic E-state index is 4.17. The van der Waals surface area contributed by atoms with Gasteiger partial charge in [0, 0.05) is 11.6 Å². The second-order valence-electron chi connectivity index (χ2n) is 4.13. The van der Waals surface area contributed by atoms with Crippen molar-refractivity contribution in [2.45, 2.75) is 0 Å². The molecule has 2 aromatic heterocycles. The van der Waals surface area contributed by atoms with E-state index in [1.165, 1.54) is 16.2 Å². The summed E-state index contributed by atoms with van der Waals surface area (Å²) in [5.74, 6) is 0. The zero-order valence-electron chi connectivity index (χ0n) is 9.04. The Morgan fingerprint density at radius 2 is 1.76 bits per heavy atom. The zero-order valence-corrected chi connectivity index (χ0v) is 9.04. The monoisotopic (exact) mass is 219 g/mol. The highest BCUT2D eigenvalue weighted by Gasteiger charge is 2.05. The molecule has 2 heterocycles. The number of rotatable bonds is 0. The molecule has 4 rings (SSSR count). The van der Waals surface area contributed by atoms with Crippen LogP contribution in [0, 0.1) is 0 Å². The third-order valence-corrected chi connectivity index (χ3v) is 3.19. The van der Waals surface area contributed by atoms with Crippen LogP contribution in [0.2, 0.25) is 0 Å². The van der Waals surface area contributed by atoms with Crippen molar-refractivity contribution in [3.05, 3.63) is 55.0 Å². The molecule has 0 amide bonds.